The lowest BCUT2D eigenvalue weighted by Crippen LogP contribution is -1.96. The van der Waals surface area contributed by atoms with Crippen molar-refractivity contribution < 1.29 is 4.39 Å². The van der Waals surface area contributed by atoms with Gasteiger partial charge in [0.2, 0.25) is 0 Å². The Morgan fingerprint density at radius 1 is 0.885 bits per heavy atom. The molecule has 3 heteroatoms. The molecule has 1 nitrogen and oxygen atoms in total. The monoisotopic (exact) mass is 363 g/mol. The van der Waals surface area contributed by atoms with Crippen LogP contribution in [0, 0.1) is 5.82 Å². The molecule has 3 aromatic carbocycles. The minimum absolute atomic E-state index is 0.332. The summed E-state index contributed by atoms with van der Waals surface area (Å²) in [7, 11) is 0. The number of para-hydroxylation sites is 1. The first-order chi connectivity index (χ1) is 12.6. The van der Waals surface area contributed by atoms with Gasteiger partial charge in [-0.05, 0) is 41.3 Å². The van der Waals surface area contributed by atoms with Crippen molar-refractivity contribution >= 4 is 22.5 Å². The van der Waals surface area contributed by atoms with Gasteiger partial charge in [0.05, 0.1) is 11.2 Å². The average Bonchev–Trinajstić information content (AvgIpc) is 3.01. The molecule has 0 atom stereocenters. The summed E-state index contributed by atoms with van der Waals surface area (Å²) < 4.78 is 16.5. The molecule has 0 saturated carbocycles. The summed E-state index contributed by atoms with van der Waals surface area (Å²) in [4.78, 5) is 0. The SMILES string of the molecule is CC(C)c1ccccc1-c1cn(-c2ccc(Cl)cc2F)c2ccccc12. The summed E-state index contributed by atoms with van der Waals surface area (Å²) in [5.41, 5.74) is 5.05. The van der Waals surface area contributed by atoms with Crippen molar-refractivity contribution in [3.05, 3.63) is 89.3 Å². The molecular weight excluding hydrogens is 345 g/mol. The summed E-state index contributed by atoms with van der Waals surface area (Å²) in [6, 6.07) is 21.3. The quantitative estimate of drug-likeness (QED) is 0.362. The Labute approximate surface area is 157 Å². The van der Waals surface area contributed by atoms with Crippen LogP contribution in [0.25, 0.3) is 27.7 Å². The van der Waals surface area contributed by atoms with Gasteiger partial charge in [0.1, 0.15) is 5.82 Å². The largest absolute Gasteiger partial charge is 0.313 e. The smallest absolute Gasteiger partial charge is 0.148 e. The first-order valence-corrected chi connectivity index (χ1v) is 9.09. The number of halogens is 2. The van der Waals surface area contributed by atoms with Crippen molar-refractivity contribution in [1.29, 1.82) is 0 Å². The molecule has 0 amide bonds. The first kappa shape index (κ1) is 16.9. The number of hydrogen-bond donors (Lipinski definition) is 0. The lowest BCUT2D eigenvalue weighted by Gasteiger charge is -2.12. The van der Waals surface area contributed by atoms with Gasteiger partial charge in [-0.1, -0.05) is 67.9 Å². The van der Waals surface area contributed by atoms with Crippen LogP contribution in [0.15, 0.2) is 72.9 Å². The number of hydrogen-bond acceptors (Lipinski definition) is 0. The van der Waals surface area contributed by atoms with Gasteiger partial charge in [0.15, 0.2) is 0 Å². The minimum atomic E-state index is -0.332. The fourth-order valence-electron chi connectivity index (χ4n) is 3.52. The zero-order valence-corrected chi connectivity index (χ0v) is 15.5. The molecule has 0 bridgehead atoms. The molecule has 4 rings (SSSR count). The van der Waals surface area contributed by atoms with Crippen LogP contribution >= 0.6 is 11.6 Å². The van der Waals surface area contributed by atoms with Gasteiger partial charge in [-0.15, -0.1) is 0 Å². The van der Waals surface area contributed by atoms with E-state index in [2.05, 4.69) is 44.2 Å². The number of fused-ring (bicyclic) bond motifs is 1. The Morgan fingerprint density at radius 3 is 2.38 bits per heavy atom. The molecule has 0 N–H and O–H groups in total. The second-order valence-corrected chi connectivity index (χ2v) is 7.20. The zero-order valence-electron chi connectivity index (χ0n) is 14.7. The van der Waals surface area contributed by atoms with Gasteiger partial charge in [0, 0.05) is 22.2 Å². The average molecular weight is 364 g/mol. The molecule has 0 unspecified atom stereocenters. The summed E-state index contributed by atoms with van der Waals surface area (Å²) in [6.45, 7) is 4.38. The Balaban J connectivity index is 2.02. The van der Waals surface area contributed by atoms with Gasteiger partial charge in [-0.25, -0.2) is 4.39 Å². The fraction of sp³-hybridized carbons (Fsp3) is 0.130. The highest BCUT2D eigenvalue weighted by molar-refractivity contribution is 6.30. The molecule has 1 heterocycles. The zero-order chi connectivity index (χ0) is 18.3. The van der Waals surface area contributed by atoms with Gasteiger partial charge in [-0.2, -0.15) is 0 Å². The van der Waals surface area contributed by atoms with Gasteiger partial charge in [-0.3, -0.25) is 0 Å². The van der Waals surface area contributed by atoms with Crippen LogP contribution in [-0.4, -0.2) is 4.57 Å². The van der Waals surface area contributed by atoms with Crippen LogP contribution in [0.4, 0.5) is 4.39 Å². The van der Waals surface area contributed by atoms with E-state index in [4.69, 9.17) is 11.6 Å². The van der Waals surface area contributed by atoms with Crippen molar-refractivity contribution in [2.75, 3.05) is 0 Å². The van der Waals surface area contributed by atoms with E-state index < -0.39 is 0 Å². The summed E-state index contributed by atoms with van der Waals surface area (Å²) >= 11 is 5.93. The van der Waals surface area contributed by atoms with Crippen molar-refractivity contribution in [3.8, 4) is 16.8 Å². The minimum Gasteiger partial charge on any atom is -0.313 e. The molecule has 130 valence electrons. The molecule has 1 aromatic heterocycles. The molecule has 4 aromatic rings. The van der Waals surface area contributed by atoms with Crippen LogP contribution in [0.5, 0.6) is 0 Å². The normalized spacial score (nSPS) is 11.4. The Bertz CT molecular complexity index is 1090. The highest BCUT2D eigenvalue weighted by atomic mass is 35.5. The lowest BCUT2D eigenvalue weighted by atomic mass is 9.92. The Kier molecular flexibility index (Phi) is 4.29. The van der Waals surface area contributed by atoms with Crippen molar-refractivity contribution in [3.63, 3.8) is 0 Å². The Hall–Kier alpha value is -2.58. The van der Waals surface area contributed by atoms with E-state index in [-0.39, 0.29) is 5.82 Å². The first-order valence-electron chi connectivity index (χ1n) is 8.71. The van der Waals surface area contributed by atoms with Crippen LogP contribution in [-0.2, 0) is 0 Å². The highest BCUT2D eigenvalue weighted by Crippen LogP contribution is 2.37. The molecule has 0 radical (unpaired) electrons. The third-order valence-electron chi connectivity index (χ3n) is 4.75. The third-order valence-corrected chi connectivity index (χ3v) is 4.99. The number of aromatic nitrogens is 1. The molecule has 0 spiro atoms. The lowest BCUT2D eigenvalue weighted by molar-refractivity contribution is 0.620. The van der Waals surface area contributed by atoms with Crippen molar-refractivity contribution in [2.24, 2.45) is 0 Å². The van der Waals surface area contributed by atoms with E-state index in [0.29, 0.717) is 16.6 Å². The summed E-state index contributed by atoms with van der Waals surface area (Å²) in [6.07, 6.45) is 2.03. The van der Waals surface area contributed by atoms with Crippen LogP contribution in [0.2, 0.25) is 5.02 Å². The van der Waals surface area contributed by atoms with E-state index in [9.17, 15) is 4.39 Å². The maximum Gasteiger partial charge on any atom is 0.148 e. The van der Waals surface area contributed by atoms with E-state index in [0.717, 1.165) is 16.5 Å². The molecule has 26 heavy (non-hydrogen) atoms. The highest BCUT2D eigenvalue weighted by Gasteiger charge is 2.16. The van der Waals surface area contributed by atoms with Crippen LogP contribution in [0.3, 0.4) is 0 Å². The second kappa shape index (κ2) is 6.62. The number of benzene rings is 3. The van der Waals surface area contributed by atoms with Gasteiger partial charge in [0.25, 0.3) is 0 Å². The topological polar surface area (TPSA) is 4.93 Å². The molecule has 0 aliphatic carbocycles. The van der Waals surface area contributed by atoms with Crippen molar-refractivity contribution in [1.82, 2.24) is 4.57 Å². The Morgan fingerprint density at radius 2 is 1.62 bits per heavy atom. The van der Waals surface area contributed by atoms with Gasteiger partial charge < -0.3 is 4.57 Å². The van der Waals surface area contributed by atoms with E-state index >= 15 is 0 Å². The number of rotatable bonds is 3. The van der Waals surface area contributed by atoms with Gasteiger partial charge >= 0.3 is 0 Å². The summed E-state index contributed by atoms with van der Waals surface area (Å²) in [5.74, 6) is 0.0718. The standard InChI is InChI=1S/C23H19ClFN/c1-15(2)17-7-3-4-8-18(17)20-14-26(22-10-6-5-9-19(20)22)23-12-11-16(24)13-21(23)25/h3-15H,1-2H3. The summed E-state index contributed by atoms with van der Waals surface area (Å²) in [5, 5.41) is 1.50. The second-order valence-electron chi connectivity index (χ2n) is 6.77. The molecule has 0 aliphatic heterocycles. The molecule has 0 aliphatic rings. The third kappa shape index (κ3) is 2.81. The van der Waals surface area contributed by atoms with E-state index in [1.54, 1.807) is 12.1 Å². The molecular formula is C23H19ClFN. The predicted molar refractivity (Wildman–Crippen MR) is 108 cm³/mol. The predicted octanol–water partition coefficient (Wildman–Crippen LogP) is 7.21. The van der Waals surface area contributed by atoms with Crippen molar-refractivity contribution in [2.45, 2.75) is 19.8 Å². The number of nitrogens with zero attached hydrogens (tertiary/aromatic N) is 1. The fourth-order valence-corrected chi connectivity index (χ4v) is 3.67. The van der Waals surface area contributed by atoms with E-state index in [1.807, 2.05) is 29.0 Å². The van der Waals surface area contributed by atoms with E-state index in [1.165, 1.54) is 17.2 Å². The molecule has 0 saturated heterocycles. The molecule has 0 fully saturated rings. The van der Waals surface area contributed by atoms with Crippen LogP contribution in [0.1, 0.15) is 25.3 Å². The maximum atomic E-state index is 14.6. The maximum absolute atomic E-state index is 14.6. The van der Waals surface area contributed by atoms with Crippen LogP contribution < -0.4 is 0 Å².